The second kappa shape index (κ2) is 7.77. The highest BCUT2D eigenvalue weighted by Crippen LogP contribution is 2.18. The Bertz CT molecular complexity index is 745. The highest BCUT2D eigenvalue weighted by atomic mass is 16.5. The summed E-state index contributed by atoms with van der Waals surface area (Å²) in [5, 5.41) is 0. The molecule has 0 spiro atoms. The molecule has 1 aromatic carbocycles. The lowest BCUT2D eigenvalue weighted by atomic mass is 10.1. The highest BCUT2D eigenvalue weighted by Gasteiger charge is 2.07. The quantitative estimate of drug-likeness (QED) is 0.848. The summed E-state index contributed by atoms with van der Waals surface area (Å²) < 4.78 is 7.33. The van der Waals surface area contributed by atoms with Crippen LogP contribution in [0.2, 0.25) is 0 Å². The number of nitrogens with zero attached hydrogens (tertiary/aromatic N) is 2. The second-order valence-corrected chi connectivity index (χ2v) is 5.91. The lowest BCUT2D eigenvalue weighted by molar-refractivity contribution is 0.0875. The van der Waals surface area contributed by atoms with E-state index in [0.29, 0.717) is 18.5 Å². The van der Waals surface area contributed by atoms with Crippen LogP contribution in [0, 0.1) is 13.8 Å². The van der Waals surface area contributed by atoms with Crippen molar-refractivity contribution in [2.45, 2.75) is 40.2 Å². The van der Waals surface area contributed by atoms with E-state index in [1.54, 1.807) is 10.8 Å². The summed E-state index contributed by atoms with van der Waals surface area (Å²) >= 11 is 0. The van der Waals surface area contributed by atoms with Crippen LogP contribution in [0.15, 0.2) is 47.6 Å². The minimum absolute atomic E-state index is 0.0187. The normalized spacial score (nSPS) is 11.8. The highest BCUT2D eigenvalue weighted by molar-refractivity contribution is 5.78. The molecule has 0 aliphatic heterocycles. The van der Waals surface area contributed by atoms with Crippen LogP contribution >= 0.6 is 0 Å². The van der Waals surface area contributed by atoms with Crippen molar-refractivity contribution < 1.29 is 9.53 Å². The van der Waals surface area contributed by atoms with Crippen LogP contribution in [-0.4, -0.2) is 23.1 Å². The topological polar surface area (TPSA) is 43.6 Å². The molecule has 0 radical (unpaired) electrons. The first kappa shape index (κ1) is 17.0. The number of benzene rings is 1. The van der Waals surface area contributed by atoms with Crippen molar-refractivity contribution >= 4 is 5.91 Å². The number of aryl methyl sites for hydroxylation is 2. The maximum Gasteiger partial charge on any atom is 0.235 e. The van der Waals surface area contributed by atoms with Gasteiger partial charge in [0.1, 0.15) is 11.2 Å². The average Bonchev–Trinajstić information content (AvgIpc) is 2.49. The number of ether oxygens (including phenoxy) is 1. The fourth-order valence-corrected chi connectivity index (χ4v) is 2.34. The lowest BCUT2D eigenvalue weighted by Gasteiger charge is -2.10. The molecule has 0 unspecified atom stereocenters. The van der Waals surface area contributed by atoms with E-state index in [9.17, 15) is 4.79 Å². The van der Waals surface area contributed by atoms with Crippen LogP contribution in [0.3, 0.4) is 0 Å². The number of aromatic nitrogens is 1. The molecule has 2 rings (SSSR count). The number of carbonyl (C=O) groups is 1. The number of hydrogen-bond donors (Lipinski definition) is 0. The Labute approximate surface area is 137 Å². The van der Waals surface area contributed by atoms with Crippen LogP contribution < -0.4 is 10.2 Å². The smallest absolute Gasteiger partial charge is 0.235 e. The largest absolute Gasteiger partial charge is 0.493 e. The molecule has 0 saturated heterocycles. The van der Waals surface area contributed by atoms with Crippen molar-refractivity contribution in [3.05, 3.63) is 59.2 Å². The van der Waals surface area contributed by atoms with Gasteiger partial charge in [0.25, 0.3) is 0 Å². The summed E-state index contributed by atoms with van der Waals surface area (Å²) in [4.78, 5) is 16.9. The molecule has 0 aliphatic rings. The molecule has 0 N–H and O–H groups in total. The van der Waals surface area contributed by atoms with Gasteiger partial charge < -0.3 is 4.74 Å². The van der Waals surface area contributed by atoms with E-state index in [1.165, 1.54) is 5.56 Å². The minimum Gasteiger partial charge on any atom is -0.493 e. The molecule has 23 heavy (non-hydrogen) atoms. The van der Waals surface area contributed by atoms with E-state index in [4.69, 9.17) is 4.74 Å². The maximum atomic E-state index is 12.4. The van der Waals surface area contributed by atoms with E-state index in [2.05, 4.69) is 11.1 Å². The molecule has 122 valence electrons. The van der Waals surface area contributed by atoms with Crippen molar-refractivity contribution in [2.75, 3.05) is 6.61 Å². The molecule has 0 bridgehead atoms. The molecular formula is C19H24N2O2. The summed E-state index contributed by atoms with van der Waals surface area (Å²) in [6.45, 7) is 8.39. The molecule has 0 amide bonds. The zero-order chi connectivity index (χ0) is 16.8. The van der Waals surface area contributed by atoms with Crippen LogP contribution in [0.4, 0.5) is 0 Å². The summed E-state index contributed by atoms with van der Waals surface area (Å²) in [5.41, 5.74) is 2.96. The molecule has 0 fully saturated rings. The Morgan fingerprint density at radius 3 is 2.70 bits per heavy atom. The van der Waals surface area contributed by atoms with Crippen LogP contribution in [0.1, 0.15) is 36.2 Å². The number of pyridine rings is 1. The maximum absolute atomic E-state index is 12.4. The second-order valence-electron chi connectivity index (χ2n) is 5.91. The standard InChI is InChI=1S/C19H24N2O2/c1-14(2)20-18-7-5-6-11-21(18)19(22)10-12-23-17-9-8-15(3)13-16(17)4/h5-9,11,13-14H,10,12H2,1-4H3. The molecule has 1 heterocycles. The van der Waals surface area contributed by atoms with E-state index in [1.807, 2.05) is 58.0 Å². The van der Waals surface area contributed by atoms with Gasteiger partial charge in [-0.3, -0.25) is 14.4 Å². The Morgan fingerprint density at radius 2 is 2.00 bits per heavy atom. The molecular weight excluding hydrogens is 288 g/mol. The Hall–Kier alpha value is -2.36. The molecule has 4 heteroatoms. The Balaban J connectivity index is 2.03. The predicted octanol–water partition coefficient (Wildman–Crippen LogP) is 3.52. The third kappa shape index (κ3) is 4.81. The number of rotatable bonds is 5. The van der Waals surface area contributed by atoms with Gasteiger partial charge in [0, 0.05) is 12.2 Å². The fourth-order valence-electron chi connectivity index (χ4n) is 2.34. The molecule has 0 aliphatic carbocycles. The van der Waals surface area contributed by atoms with Crippen molar-refractivity contribution in [1.82, 2.24) is 4.57 Å². The first-order chi connectivity index (χ1) is 11.0. The first-order valence-corrected chi connectivity index (χ1v) is 7.92. The van der Waals surface area contributed by atoms with Gasteiger partial charge in [-0.15, -0.1) is 0 Å². The first-order valence-electron chi connectivity index (χ1n) is 7.92. The molecule has 0 atom stereocenters. The van der Waals surface area contributed by atoms with Gasteiger partial charge in [0.2, 0.25) is 5.91 Å². The van der Waals surface area contributed by atoms with E-state index in [-0.39, 0.29) is 11.9 Å². The van der Waals surface area contributed by atoms with Gasteiger partial charge >= 0.3 is 0 Å². The van der Waals surface area contributed by atoms with Crippen LogP contribution in [0.5, 0.6) is 5.75 Å². The Morgan fingerprint density at radius 1 is 1.22 bits per heavy atom. The summed E-state index contributed by atoms with van der Waals surface area (Å²) in [7, 11) is 0. The molecule has 0 saturated carbocycles. The average molecular weight is 312 g/mol. The van der Waals surface area contributed by atoms with E-state index < -0.39 is 0 Å². The molecule has 4 nitrogen and oxygen atoms in total. The van der Waals surface area contributed by atoms with E-state index >= 15 is 0 Å². The zero-order valence-corrected chi connectivity index (χ0v) is 14.2. The van der Waals surface area contributed by atoms with Crippen molar-refractivity contribution in [3.8, 4) is 5.75 Å². The van der Waals surface area contributed by atoms with E-state index in [0.717, 1.165) is 11.3 Å². The van der Waals surface area contributed by atoms with Crippen LogP contribution in [-0.2, 0) is 0 Å². The van der Waals surface area contributed by atoms with Gasteiger partial charge in [-0.2, -0.15) is 0 Å². The van der Waals surface area contributed by atoms with Crippen molar-refractivity contribution in [2.24, 2.45) is 4.99 Å². The van der Waals surface area contributed by atoms with Gasteiger partial charge in [-0.25, -0.2) is 0 Å². The number of carbonyl (C=O) groups excluding carboxylic acids is 1. The van der Waals surface area contributed by atoms with Gasteiger partial charge in [-0.1, -0.05) is 23.8 Å². The zero-order valence-electron chi connectivity index (χ0n) is 14.2. The summed E-state index contributed by atoms with van der Waals surface area (Å²) in [6, 6.07) is 11.7. The molecule has 2 aromatic rings. The summed E-state index contributed by atoms with van der Waals surface area (Å²) in [6.07, 6.45) is 2.06. The Kier molecular flexibility index (Phi) is 5.74. The number of hydrogen-bond acceptors (Lipinski definition) is 3. The van der Waals surface area contributed by atoms with Gasteiger partial charge in [0.05, 0.1) is 13.0 Å². The predicted molar refractivity (Wildman–Crippen MR) is 91.8 cm³/mol. The van der Waals surface area contributed by atoms with Crippen molar-refractivity contribution in [3.63, 3.8) is 0 Å². The minimum atomic E-state index is -0.0187. The SMILES string of the molecule is Cc1ccc(OCCC(=O)n2ccccc2=NC(C)C)c(C)c1. The van der Waals surface area contributed by atoms with Gasteiger partial charge in [-0.05, 0) is 51.5 Å². The fraction of sp³-hybridized carbons (Fsp3) is 0.368. The monoisotopic (exact) mass is 312 g/mol. The van der Waals surface area contributed by atoms with Crippen molar-refractivity contribution in [1.29, 1.82) is 0 Å². The third-order valence-electron chi connectivity index (χ3n) is 3.40. The molecule has 1 aromatic heterocycles. The van der Waals surface area contributed by atoms with Crippen LogP contribution in [0.25, 0.3) is 0 Å². The third-order valence-corrected chi connectivity index (χ3v) is 3.40. The summed E-state index contributed by atoms with van der Waals surface area (Å²) in [5.74, 6) is 0.809. The van der Waals surface area contributed by atoms with Gasteiger partial charge in [0.15, 0.2) is 0 Å². The lowest BCUT2D eigenvalue weighted by Crippen LogP contribution is -2.28.